The van der Waals surface area contributed by atoms with Gasteiger partial charge in [0.05, 0.1) is 24.8 Å². The van der Waals surface area contributed by atoms with Crippen LogP contribution in [0.5, 0.6) is 0 Å². The van der Waals surface area contributed by atoms with Gasteiger partial charge < -0.3 is 4.74 Å². The standard InChI is InChI=1S/C16H15N5O3/c1-9-12(14(22)24-3)13(11-6-4-10(8-17)5-7-11)21-15(18-9)19-20(2)16(21)23/h4-7,12-13H,1-3H3. The molecular formula is C16H15N5O3. The van der Waals surface area contributed by atoms with E-state index < -0.39 is 17.9 Å². The number of aromatic nitrogens is 3. The molecular weight excluding hydrogens is 310 g/mol. The van der Waals surface area contributed by atoms with Gasteiger partial charge in [0.2, 0.25) is 0 Å². The number of ether oxygens (including phenoxy) is 1. The Morgan fingerprint density at radius 2 is 2.00 bits per heavy atom. The number of benzene rings is 1. The zero-order valence-electron chi connectivity index (χ0n) is 13.4. The highest BCUT2D eigenvalue weighted by Gasteiger charge is 2.40. The maximum Gasteiger partial charge on any atom is 0.347 e. The van der Waals surface area contributed by atoms with E-state index in [1.807, 2.05) is 6.07 Å². The molecule has 122 valence electrons. The number of aliphatic imine (C=N–C) groups is 1. The fourth-order valence-corrected chi connectivity index (χ4v) is 2.91. The van der Waals surface area contributed by atoms with E-state index in [-0.39, 0.29) is 11.6 Å². The van der Waals surface area contributed by atoms with Gasteiger partial charge in [0, 0.05) is 12.8 Å². The first-order valence-corrected chi connectivity index (χ1v) is 7.26. The van der Waals surface area contributed by atoms with Crippen LogP contribution in [0.2, 0.25) is 0 Å². The molecule has 3 rings (SSSR count). The molecule has 2 aromatic rings. The third-order valence-corrected chi connectivity index (χ3v) is 4.09. The molecule has 2 heterocycles. The van der Waals surface area contributed by atoms with Gasteiger partial charge in [-0.05, 0) is 24.6 Å². The van der Waals surface area contributed by atoms with Gasteiger partial charge in [-0.1, -0.05) is 12.1 Å². The van der Waals surface area contributed by atoms with E-state index in [1.165, 1.54) is 23.4 Å². The lowest BCUT2D eigenvalue weighted by molar-refractivity contribution is -0.144. The quantitative estimate of drug-likeness (QED) is 0.765. The second-order valence-corrected chi connectivity index (χ2v) is 5.51. The molecule has 8 nitrogen and oxygen atoms in total. The molecule has 2 atom stereocenters. The topological polar surface area (TPSA) is 102 Å². The largest absolute Gasteiger partial charge is 0.468 e. The van der Waals surface area contributed by atoms with E-state index in [1.54, 1.807) is 31.2 Å². The number of fused-ring (bicyclic) bond motifs is 1. The van der Waals surface area contributed by atoms with Crippen molar-refractivity contribution < 1.29 is 9.53 Å². The Morgan fingerprint density at radius 3 is 2.58 bits per heavy atom. The van der Waals surface area contributed by atoms with Crippen LogP contribution < -0.4 is 5.69 Å². The van der Waals surface area contributed by atoms with Gasteiger partial charge in [0.15, 0.2) is 0 Å². The van der Waals surface area contributed by atoms with Gasteiger partial charge in [-0.25, -0.2) is 14.5 Å². The third kappa shape index (κ3) is 2.31. The smallest absolute Gasteiger partial charge is 0.347 e. The van der Waals surface area contributed by atoms with Crippen molar-refractivity contribution in [2.45, 2.75) is 13.0 Å². The van der Waals surface area contributed by atoms with Crippen LogP contribution in [0.25, 0.3) is 0 Å². The Hall–Kier alpha value is -3.21. The zero-order chi connectivity index (χ0) is 17.4. The van der Waals surface area contributed by atoms with Crippen molar-refractivity contribution >= 4 is 17.6 Å². The average Bonchev–Trinajstić information content (AvgIpc) is 2.87. The number of methoxy groups -OCH3 is 1. The number of nitrogens with zero attached hydrogens (tertiary/aromatic N) is 5. The van der Waals surface area contributed by atoms with E-state index in [0.717, 1.165) is 0 Å². The van der Waals surface area contributed by atoms with Crippen LogP contribution in [0.4, 0.5) is 5.95 Å². The molecule has 1 aromatic carbocycles. The van der Waals surface area contributed by atoms with Crippen LogP contribution in [0.15, 0.2) is 34.1 Å². The van der Waals surface area contributed by atoms with Crippen LogP contribution in [-0.4, -0.2) is 33.1 Å². The Morgan fingerprint density at radius 1 is 1.33 bits per heavy atom. The molecule has 0 N–H and O–H groups in total. The molecule has 1 aromatic heterocycles. The van der Waals surface area contributed by atoms with Crippen molar-refractivity contribution in [1.82, 2.24) is 14.3 Å². The first kappa shape index (κ1) is 15.7. The van der Waals surface area contributed by atoms with Crippen LogP contribution in [-0.2, 0) is 16.6 Å². The summed E-state index contributed by atoms with van der Waals surface area (Å²) in [6.45, 7) is 1.71. The van der Waals surface area contributed by atoms with Crippen molar-refractivity contribution in [3.8, 4) is 6.07 Å². The first-order chi connectivity index (χ1) is 11.5. The molecule has 0 saturated heterocycles. The molecule has 8 heteroatoms. The Labute approximate surface area is 137 Å². The highest BCUT2D eigenvalue weighted by atomic mass is 16.5. The predicted molar refractivity (Wildman–Crippen MR) is 85.0 cm³/mol. The summed E-state index contributed by atoms with van der Waals surface area (Å²) in [5.41, 5.74) is 1.35. The second kappa shape index (κ2) is 5.77. The molecule has 0 bridgehead atoms. The third-order valence-electron chi connectivity index (χ3n) is 4.09. The first-order valence-electron chi connectivity index (χ1n) is 7.26. The average molecular weight is 325 g/mol. The van der Waals surface area contributed by atoms with Crippen LogP contribution in [0, 0.1) is 17.2 Å². The molecule has 0 spiro atoms. The predicted octanol–water partition coefficient (Wildman–Crippen LogP) is 0.938. The lowest BCUT2D eigenvalue weighted by Crippen LogP contribution is -2.40. The summed E-state index contributed by atoms with van der Waals surface area (Å²) in [4.78, 5) is 29.1. The Balaban J connectivity index is 2.24. The number of carbonyl (C=O) groups excluding carboxylic acids is 1. The van der Waals surface area contributed by atoms with Crippen LogP contribution >= 0.6 is 0 Å². The normalized spacial score (nSPS) is 19.2. The monoisotopic (exact) mass is 325 g/mol. The summed E-state index contributed by atoms with van der Waals surface area (Å²) in [5.74, 6) is -0.973. The number of aryl methyl sites for hydroxylation is 1. The minimum atomic E-state index is -0.739. The number of hydrogen-bond donors (Lipinski definition) is 0. The minimum absolute atomic E-state index is 0.245. The van der Waals surface area contributed by atoms with Crippen molar-refractivity contribution in [3.05, 3.63) is 45.9 Å². The number of esters is 1. The minimum Gasteiger partial charge on any atom is -0.468 e. The van der Waals surface area contributed by atoms with E-state index in [4.69, 9.17) is 10.00 Å². The lowest BCUT2D eigenvalue weighted by atomic mass is 9.88. The molecule has 0 fully saturated rings. The molecule has 0 amide bonds. The molecule has 2 unspecified atom stereocenters. The molecule has 24 heavy (non-hydrogen) atoms. The van der Waals surface area contributed by atoms with Crippen LogP contribution in [0.3, 0.4) is 0 Å². The van der Waals surface area contributed by atoms with E-state index in [9.17, 15) is 9.59 Å². The van der Waals surface area contributed by atoms with Crippen molar-refractivity contribution in [1.29, 1.82) is 5.26 Å². The fourth-order valence-electron chi connectivity index (χ4n) is 2.91. The summed E-state index contributed by atoms with van der Waals surface area (Å²) >= 11 is 0. The van der Waals surface area contributed by atoms with Crippen molar-refractivity contribution in [2.24, 2.45) is 18.0 Å². The second-order valence-electron chi connectivity index (χ2n) is 5.51. The lowest BCUT2D eigenvalue weighted by Gasteiger charge is -2.29. The molecule has 0 radical (unpaired) electrons. The van der Waals surface area contributed by atoms with Crippen LogP contribution in [0.1, 0.15) is 24.1 Å². The number of rotatable bonds is 2. The van der Waals surface area contributed by atoms with Gasteiger partial charge in [-0.3, -0.25) is 9.36 Å². The van der Waals surface area contributed by atoms with E-state index in [2.05, 4.69) is 10.1 Å². The van der Waals surface area contributed by atoms with Gasteiger partial charge >= 0.3 is 11.7 Å². The van der Waals surface area contributed by atoms with Gasteiger partial charge in [-0.15, -0.1) is 5.10 Å². The number of carbonyl (C=O) groups is 1. The highest BCUT2D eigenvalue weighted by Crippen LogP contribution is 2.35. The summed E-state index contributed by atoms with van der Waals surface area (Å²) < 4.78 is 7.47. The molecule has 1 aliphatic rings. The maximum absolute atomic E-state index is 12.5. The maximum atomic E-state index is 12.5. The summed E-state index contributed by atoms with van der Waals surface area (Å²) in [5, 5.41) is 13.1. The molecule has 0 saturated carbocycles. The molecule has 1 aliphatic heterocycles. The molecule has 0 aliphatic carbocycles. The Kier molecular flexibility index (Phi) is 3.77. The van der Waals surface area contributed by atoms with Gasteiger partial charge in [-0.2, -0.15) is 5.26 Å². The number of hydrogen-bond acceptors (Lipinski definition) is 6. The Bertz CT molecular complexity index is 930. The SMILES string of the molecule is COC(=O)C1C(C)=Nc2nn(C)c(=O)n2C1c1ccc(C#N)cc1. The van der Waals surface area contributed by atoms with Gasteiger partial charge in [0.25, 0.3) is 5.95 Å². The fraction of sp³-hybridized carbons (Fsp3) is 0.312. The van der Waals surface area contributed by atoms with E-state index in [0.29, 0.717) is 16.8 Å². The van der Waals surface area contributed by atoms with Crippen molar-refractivity contribution in [2.75, 3.05) is 7.11 Å². The zero-order valence-corrected chi connectivity index (χ0v) is 13.4. The van der Waals surface area contributed by atoms with Crippen molar-refractivity contribution in [3.63, 3.8) is 0 Å². The van der Waals surface area contributed by atoms with E-state index >= 15 is 0 Å². The summed E-state index contributed by atoms with van der Waals surface area (Å²) in [6.07, 6.45) is 0. The highest BCUT2D eigenvalue weighted by molar-refractivity contribution is 6.03. The summed E-state index contributed by atoms with van der Waals surface area (Å²) in [7, 11) is 2.83. The summed E-state index contributed by atoms with van der Waals surface area (Å²) in [6, 6.07) is 8.16. The number of nitriles is 1. The van der Waals surface area contributed by atoms with Gasteiger partial charge in [0.1, 0.15) is 5.92 Å².